The summed E-state index contributed by atoms with van der Waals surface area (Å²) in [6, 6.07) is 105. The summed E-state index contributed by atoms with van der Waals surface area (Å²) < 4.78 is 14.5. The number of benzene rings is 12. The second kappa shape index (κ2) is 22.4. The van der Waals surface area contributed by atoms with Crippen LogP contribution in [0.1, 0.15) is 168 Å². The van der Waals surface area contributed by atoms with Gasteiger partial charge in [0.1, 0.15) is 17.5 Å². The van der Waals surface area contributed by atoms with E-state index in [-0.39, 0.29) is 5.92 Å². The minimum atomic E-state index is -0.839. The number of hydrogen-bond acceptors (Lipinski definition) is 8. The van der Waals surface area contributed by atoms with Crippen LogP contribution in [0.4, 0.5) is 51.6 Å². The number of fused-ring (bicyclic) bond motifs is 26. The van der Waals surface area contributed by atoms with E-state index in [2.05, 4.69) is 362 Å². The molecule has 526 valence electrons. The van der Waals surface area contributed by atoms with E-state index >= 15 is 0 Å². The number of pyridine rings is 3. The first-order valence-electron chi connectivity index (χ1n) is 38.9. The van der Waals surface area contributed by atoms with Crippen molar-refractivity contribution in [3.8, 4) is 67.5 Å². The lowest BCUT2D eigenvalue weighted by atomic mass is 9.59. The summed E-state index contributed by atoms with van der Waals surface area (Å²) >= 11 is 0. The zero-order valence-corrected chi connectivity index (χ0v) is 62.5. The summed E-state index contributed by atoms with van der Waals surface area (Å²) in [6.45, 7) is 18.4. The summed E-state index contributed by atoms with van der Waals surface area (Å²) in [6.07, 6.45) is 6.19. The van der Waals surface area contributed by atoms with Crippen molar-refractivity contribution in [1.29, 1.82) is 0 Å². The fourth-order valence-electron chi connectivity index (χ4n) is 20.9. The predicted octanol–water partition coefficient (Wildman–Crippen LogP) is 25.9. The van der Waals surface area contributed by atoms with E-state index in [1.165, 1.54) is 100 Å². The average Bonchev–Trinajstić information content (AvgIpc) is 1.37. The molecule has 8 heteroatoms. The highest BCUT2D eigenvalue weighted by atomic mass is 16.5. The molecule has 2 aliphatic carbocycles. The van der Waals surface area contributed by atoms with E-state index in [4.69, 9.17) is 24.4 Å². The molecule has 0 saturated carbocycles. The largest absolute Gasteiger partial charge is 0.453 e. The Bertz CT molecular complexity index is 6460. The number of nitrogens with zero attached hydrogens (tertiary/aromatic N) is 6. The van der Waals surface area contributed by atoms with Gasteiger partial charge < -0.3 is 9.47 Å². The third kappa shape index (κ3) is 7.92. The molecule has 8 nitrogen and oxygen atoms in total. The Morgan fingerprint density at radius 3 is 1.42 bits per heavy atom. The Kier molecular flexibility index (Phi) is 12.9. The summed E-state index contributed by atoms with van der Waals surface area (Å²) in [5.41, 5.74) is 33.2. The Balaban J connectivity index is 0.706. The lowest BCUT2D eigenvalue weighted by Crippen LogP contribution is -2.43. The molecule has 1 atom stereocenters. The first-order valence-corrected chi connectivity index (χ1v) is 38.9. The highest BCUT2D eigenvalue weighted by Crippen LogP contribution is 2.72. The molecule has 8 aliphatic rings. The maximum atomic E-state index is 7.56. The number of aromatic nitrogens is 3. The van der Waals surface area contributed by atoms with Gasteiger partial charge in [0.15, 0.2) is 23.0 Å². The van der Waals surface area contributed by atoms with Gasteiger partial charge in [-0.15, -0.1) is 0 Å². The lowest BCUT2D eigenvalue weighted by molar-refractivity contribution is 0.472. The third-order valence-corrected chi connectivity index (χ3v) is 25.9. The Morgan fingerprint density at radius 1 is 0.282 bits per heavy atom. The highest BCUT2D eigenvalue weighted by Gasteiger charge is 2.60. The molecule has 6 aliphatic heterocycles. The molecule has 0 bridgehead atoms. The Labute approximate surface area is 641 Å². The maximum Gasteiger partial charge on any atom is 0.159 e. The van der Waals surface area contributed by atoms with Gasteiger partial charge in [0, 0.05) is 57.4 Å². The van der Waals surface area contributed by atoms with E-state index in [0.29, 0.717) is 11.8 Å². The van der Waals surface area contributed by atoms with Crippen LogP contribution in [0.15, 0.2) is 298 Å². The van der Waals surface area contributed by atoms with Gasteiger partial charge in [0.25, 0.3) is 0 Å². The van der Waals surface area contributed by atoms with E-state index in [9.17, 15) is 0 Å². The third-order valence-electron chi connectivity index (χ3n) is 25.9. The molecule has 0 radical (unpaired) electrons. The van der Waals surface area contributed by atoms with Crippen LogP contribution in [-0.2, 0) is 21.7 Å². The Morgan fingerprint density at radius 2 is 0.755 bits per heavy atom. The predicted molar refractivity (Wildman–Crippen MR) is 443 cm³/mol. The molecule has 12 aromatic carbocycles. The molecule has 9 heterocycles. The van der Waals surface area contributed by atoms with Crippen molar-refractivity contribution in [2.24, 2.45) is 0 Å². The van der Waals surface area contributed by atoms with Crippen molar-refractivity contribution in [3.05, 3.63) is 392 Å². The van der Waals surface area contributed by atoms with Crippen LogP contribution >= 0.6 is 0 Å². The zero-order chi connectivity index (χ0) is 73.6. The quantitative estimate of drug-likeness (QED) is 0.156. The molecule has 15 aromatic rings. The zero-order valence-electron chi connectivity index (χ0n) is 62.5. The molecule has 0 N–H and O–H groups in total. The van der Waals surface area contributed by atoms with E-state index in [1.807, 2.05) is 6.20 Å². The van der Waals surface area contributed by atoms with Gasteiger partial charge in [0.05, 0.1) is 50.4 Å². The van der Waals surface area contributed by atoms with E-state index in [0.717, 1.165) is 113 Å². The number of hydrogen-bond donors (Lipinski definition) is 0. The summed E-state index contributed by atoms with van der Waals surface area (Å²) in [5, 5.41) is 0. The number of ether oxygens (including phenoxy) is 2. The SMILES string of the molecule is CC(C)c1ccc2c(c1)N1c3ncc(-c4cc(C(C)C)cc5c4Oc4cccc6c4N5c4ncc(-c5ccc7c(c5)-c5ccccc5C75c7ccc(C(C)C)cc7N7c8ncccc8C8(c9ccccc9-c9ccccc98)c8cccc5c87)cc4C6(C)C)cc3C(c3ccccc3)(c3ccccc3)c3cccc(c31)O2. The second-order valence-corrected chi connectivity index (χ2v) is 32.7. The number of rotatable bonds is 7. The molecule has 0 saturated heterocycles. The van der Waals surface area contributed by atoms with Gasteiger partial charge >= 0.3 is 0 Å². The molecule has 0 fully saturated rings. The van der Waals surface area contributed by atoms with Crippen LogP contribution in [0.2, 0.25) is 0 Å². The highest BCUT2D eigenvalue weighted by molar-refractivity contribution is 6.04. The van der Waals surface area contributed by atoms with E-state index in [1.54, 1.807) is 0 Å². The summed E-state index contributed by atoms with van der Waals surface area (Å²) in [5.74, 6) is 6.57. The standard InChI is InChI=1S/C102H76N6O2/c1-58(2)61-42-46-78-86(53-61)106-92-80(36-21-37-81(92)102(83-39-24-48-103-96(83)106)74-32-18-15-29-69(74)70-30-16-19-33-75(70)102)101(78)76-34-20-17-31-71(76)73-49-63(43-45-77(73)101)65-51-84-97(104-56-65)108-88-55-64(60(5)6)50-72(95(88)110-91-41-22-35-79(93(91)108)99(84,7)8)66-52-85-98(105-57-66)107-87-54-62(59(3)4)44-47-89(87)109-90-40-23-38-82(94(90)107)100(85,67-25-11-9-12-26-67)68-27-13-10-14-28-68/h9-60H,1-8H3. The fourth-order valence-corrected chi connectivity index (χ4v) is 20.9. The van der Waals surface area contributed by atoms with Gasteiger partial charge in [-0.25, -0.2) is 15.0 Å². The van der Waals surface area contributed by atoms with Crippen LogP contribution in [0.3, 0.4) is 0 Å². The first kappa shape index (κ1) is 63.2. The van der Waals surface area contributed by atoms with Gasteiger partial charge in [-0.05, 0) is 190 Å². The van der Waals surface area contributed by atoms with Crippen molar-refractivity contribution < 1.29 is 9.47 Å². The van der Waals surface area contributed by atoms with Gasteiger partial charge in [-0.2, -0.15) is 0 Å². The minimum absolute atomic E-state index is 0.151. The van der Waals surface area contributed by atoms with Crippen LogP contribution in [0, 0.1) is 0 Å². The number of para-hydroxylation sites is 3. The van der Waals surface area contributed by atoms with Crippen LogP contribution in [0.25, 0.3) is 44.5 Å². The minimum Gasteiger partial charge on any atom is -0.453 e. The van der Waals surface area contributed by atoms with E-state index < -0.39 is 21.7 Å². The van der Waals surface area contributed by atoms with Crippen molar-refractivity contribution in [2.45, 2.75) is 94.8 Å². The normalized spacial score (nSPS) is 16.6. The molecular weight excluding hydrogens is 1340 g/mol. The van der Waals surface area contributed by atoms with Crippen molar-refractivity contribution >= 4 is 51.6 Å². The molecule has 23 rings (SSSR count). The number of anilines is 9. The topological polar surface area (TPSA) is 66.9 Å². The summed E-state index contributed by atoms with van der Waals surface area (Å²) in [4.78, 5) is 24.4. The molecule has 2 spiro atoms. The van der Waals surface area contributed by atoms with Crippen LogP contribution in [0.5, 0.6) is 23.0 Å². The molecule has 1 unspecified atom stereocenters. The smallest absolute Gasteiger partial charge is 0.159 e. The van der Waals surface area contributed by atoms with Crippen molar-refractivity contribution in [1.82, 2.24) is 15.0 Å². The monoisotopic (exact) mass is 1420 g/mol. The second-order valence-electron chi connectivity index (χ2n) is 32.7. The molecule has 3 aromatic heterocycles. The fraction of sp³-hybridized carbons (Fsp3) is 0.147. The first-order chi connectivity index (χ1) is 53.8. The Hall–Kier alpha value is -12.9. The van der Waals surface area contributed by atoms with Gasteiger partial charge in [-0.1, -0.05) is 268 Å². The average molecular weight is 1420 g/mol. The van der Waals surface area contributed by atoms with Crippen molar-refractivity contribution in [2.75, 3.05) is 14.7 Å². The van der Waals surface area contributed by atoms with Crippen LogP contribution in [-0.4, -0.2) is 15.0 Å². The van der Waals surface area contributed by atoms with Gasteiger partial charge in [-0.3, -0.25) is 14.7 Å². The molecular formula is C102H76N6O2. The summed E-state index contributed by atoms with van der Waals surface area (Å²) in [7, 11) is 0. The van der Waals surface area contributed by atoms with Gasteiger partial charge in [0.2, 0.25) is 0 Å². The maximum absolute atomic E-state index is 7.56. The molecule has 0 amide bonds. The van der Waals surface area contributed by atoms with Crippen LogP contribution < -0.4 is 24.2 Å². The van der Waals surface area contributed by atoms with Crippen molar-refractivity contribution in [3.63, 3.8) is 0 Å². The molecule has 110 heavy (non-hydrogen) atoms. The lowest BCUT2D eigenvalue weighted by Gasteiger charge is -2.51.